The number of carboxylic acids is 1. The van der Waals surface area contributed by atoms with Gasteiger partial charge in [-0.15, -0.1) is 0 Å². The molecule has 10 heteroatoms. The number of carbonyl (C=O) groups is 2. The van der Waals surface area contributed by atoms with E-state index in [0.717, 1.165) is 0 Å². The van der Waals surface area contributed by atoms with Gasteiger partial charge in [-0.3, -0.25) is 4.72 Å². The highest BCUT2D eigenvalue weighted by Gasteiger charge is 2.25. The molecular weight excluding hydrogens is 350 g/mol. The van der Waals surface area contributed by atoms with E-state index in [1.165, 1.54) is 24.3 Å². The molecule has 140 valence electrons. The summed E-state index contributed by atoms with van der Waals surface area (Å²) in [5.41, 5.74) is -0.429. The zero-order valence-electron chi connectivity index (χ0n) is 14.5. The van der Waals surface area contributed by atoms with Gasteiger partial charge >= 0.3 is 12.1 Å². The second-order valence-electron chi connectivity index (χ2n) is 6.15. The second kappa shape index (κ2) is 8.17. The van der Waals surface area contributed by atoms with Crippen LogP contribution >= 0.6 is 0 Å². The number of carbonyl (C=O) groups excluding carboxylic acids is 1. The van der Waals surface area contributed by atoms with Crippen molar-refractivity contribution in [3.63, 3.8) is 0 Å². The van der Waals surface area contributed by atoms with Gasteiger partial charge in [0.2, 0.25) is 0 Å². The minimum Gasteiger partial charge on any atom is -0.479 e. The van der Waals surface area contributed by atoms with Crippen molar-refractivity contribution in [3.8, 4) is 0 Å². The lowest BCUT2D eigenvalue weighted by atomic mass is 10.1. The summed E-state index contributed by atoms with van der Waals surface area (Å²) in [5, 5.41) is 11.6. The molecule has 0 spiro atoms. The van der Waals surface area contributed by atoms with Crippen molar-refractivity contribution in [2.24, 2.45) is 0 Å². The monoisotopic (exact) mass is 373 g/mol. The van der Waals surface area contributed by atoms with Crippen LogP contribution in [0.3, 0.4) is 0 Å². The Morgan fingerprint density at radius 2 is 1.92 bits per heavy atom. The van der Waals surface area contributed by atoms with Crippen molar-refractivity contribution in [2.45, 2.75) is 39.3 Å². The number of rotatable bonds is 7. The Morgan fingerprint density at radius 1 is 1.28 bits per heavy atom. The lowest BCUT2D eigenvalue weighted by molar-refractivity contribution is -0.139. The number of aliphatic carboxylic acids is 1. The molecule has 1 atom stereocenters. The van der Waals surface area contributed by atoms with Crippen LogP contribution in [0.5, 0.6) is 0 Å². The van der Waals surface area contributed by atoms with Gasteiger partial charge in [-0.05, 0) is 38.5 Å². The molecule has 4 N–H and O–H groups in total. The Morgan fingerprint density at radius 3 is 2.44 bits per heavy atom. The summed E-state index contributed by atoms with van der Waals surface area (Å²) in [4.78, 5) is 23.3. The molecule has 0 unspecified atom stereocenters. The fourth-order valence-corrected chi connectivity index (χ4v) is 2.77. The maximum absolute atomic E-state index is 11.8. The van der Waals surface area contributed by atoms with Crippen LogP contribution in [0.15, 0.2) is 24.3 Å². The maximum atomic E-state index is 11.8. The number of carboxylic acid groups (broad SMARTS) is 1. The van der Waals surface area contributed by atoms with E-state index in [2.05, 4.69) is 14.8 Å². The minimum absolute atomic E-state index is 0.163. The van der Waals surface area contributed by atoms with Crippen molar-refractivity contribution < 1.29 is 27.9 Å². The fraction of sp³-hybridized carbons (Fsp3) is 0.467. The lowest BCUT2D eigenvalue weighted by Crippen LogP contribution is -2.38. The van der Waals surface area contributed by atoms with E-state index in [1.54, 1.807) is 27.7 Å². The number of ether oxygens (including phenoxy) is 1. The third kappa shape index (κ3) is 7.40. The van der Waals surface area contributed by atoms with E-state index in [4.69, 9.17) is 4.74 Å². The van der Waals surface area contributed by atoms with Crippen LogP contribution < -0.4 is 14.8 Å². The third-order valence-electron chi connectivity index (χ3n) is 2.71. The number of hydrogen-bond donors (Lipinski definition) is 4. The van der Waals surface area contributed by atoms with Gasteiger partial charge in [0, 0.05) is 6.54 Å². The van der Waals surface area contributed by atoms with Gasteiger partial charge in [-0.2, -0.15) is 13.1 Å². The van der Waals surface area contributed by atoms with Gasteiger partial charge in [0.15, 0.2) is 6.04 Å². The first-order valence-electron chi connectivity index (χ1n) is 7.53. The molecule has 0 radical (unpaired) electrons. The van der Waals surface area contributed by atoms with Gasteiger partial charge in [0.1, 0.15) is 5.60 Å². The molecule has 1 amide bonds. The zero-order valence-corrected chi connectivity index (χ0v) is 15.3. The largest absolute Gasteiger partial charge is 0.479 e. The molecule has 0 aromatic heterocycles. The van der Waals surface area contributed by atoms with Crippen molar-refractivity contribution >= 4 is 28.0 Å². The number of hydrogen-bond acceptors (Lipinski definition) is 5. The van der Waals surface area contributed by atoms with Gasteiger partial charge in [0.05, 0.1) is 5.69 Å². The lowest BCUT2D eigenvalue weighted by Gasteiger charge is -2.22. The Bertz CT molecular complexity index is 727. The maximum Gasteiger partial charge on any atom is 0.408 e. The summed E-state index contributed by atoms with van der Waals surface area (Å²) in [6.45, 7) is 6.78. The molecule has 1 aromatic carbocycles. The number of nitrogens with one attached hydrogen (secondary N) is 3. The molecule has 0 saturated carbocycles. The van der Waals surface area contributed by atoms with Crippen LogP contribution in [-0.2, 0) is 19.7 Å². The topological polar surface area (TPSA) is 134 Å². The Hall–Kier alpha value is -2.33. The van der Waals surface area contributed by atoms with E-state index >= 15 is 0 Å². The minimum atomic E-state index is -3.75. The SMILES string of the molecule is CCNS(=O)(=O)Nc1cccc([C@@H](NC(=O)OC(C)(C)C)C(=O)O)c1. The summed E-state index contributed by atoms with van der Waals surface area (Å²) in [7, 11) is -3.75. The molecule has 25 heavy (non-hydrogen) atoms. The molecule has 0 aliphatic heterocycles. The van der Waals surface area contributed by atoms with Crippen LogP contribution in [0.4, 0.5) is 10.5 Å². The van der Waals surface area contributed by atoms with Crippen LogP contribution in [0, 0.1) is 0 Å². The summed E-state index contributed by atoms with van der Waals surface area (Å²) >= 11 is 0. The van der Waals surface area contributed by atoms with E-state index in [-0.39, 0.29) is 17.8 Å². The Labute approximate surface area is 146 Å². The predicted octanol–water partition coefficient (Wildman–Crippen LogP) is 1.60. The average molecular weight is 373 g/mol. The van der Waals surface area contributed by atoms with E-state index in [9.17, 15) is 23.1 Å². The number of alkyl carbamates (subject to hydrolysis) is 1. The normalized spacial score (nSPS) is 13.0. The fourth-order valence-electron chi connectivity index (χ4n) is 1.88. The highest BCUT2D eigenvalue weighted by atomic mass is 32.2. The number of amides is 1. The first kappa shape index (κ1) is 20.7. The van der Waals surface area contributed by atoms with E-state index in [0.29, 0.717) is 0 Å². The summed E-state index contributed by atoms with van der Waals surface area (Å²) < 4.78 is 33.0. The average Bonchev–Trinajstić information content (AvgIpc) is 2.42. The Balaban J connectivity index is 3.00. The zero-order chi connectivity index (χ0) is 19.3. The third-order valence-corrected chi connectivity index (χ3v) is 3.89. The molecule has 1 aromatic rings. The second-order valence-corrected chi connectivity index (χ2v) is 7.65. The first-order valence-corrected chi connectivity index (χ1v) is 9.01. The standard InChI is InChI=1S/C15H23N3O6S/c1-5-16-25(22,23)18-11-8-6-7-10(9-11)12(13(19)20)17-14(21)24-15(2,3)4/h6-9,12,16,18H,5H2,1-4H3,(H,17,21)(H,19,20)/t12-/m1/s1. The summed E-state index contributed by atoms with van der Waals surface area (Å²) in [5.74, 6) is -1.31. The van der Waals surface area contributed by atoms with Crippen LogP contribution in [0.1, 0.15) is 39.3 Å². The summed E-state index contributed by atoms with van der Waals surface area (Å²) in [6, 6.07) is 4.33. The van der Waals surface area contributed by atoms with Crippen molar-refractivity contribution in [2.75, 3.05) is 11.3 Å². The quantitative estimate of drug-likeness (QED) is 0.574. The van der Waals surface area contributed by atoms with E-state index < -0.39 is 33.9 Å². The van der Waals surface area contributed by atoms with Crippen molar-refractivity contribution in [3.05, 3.63) is 29.8 Å². The van der Waals surface area contributed by atoms with Crippen molar-refractivity contribution in [1.82, 2.24) is 10.0 Å². The van der Waals surface area contributed by atoms with Gasteiger partial charge in [-0.25, -0.2) is 9.59 Å². The smallest absolute Gasteiger partial charge is 0.408 e. The van der Waals surface area contributed by atoms with Gasteiger partial charge in [0.25, 0.3) is 10.2 Å². The molecule has 0 saturated heterocycles. The van der Waals surface area contributed by atoms with Gasteiger partial charge < -0.3 is 15.2 Å². The molecular formula is C15H23N3O6S. The highest BCUT2D eigenvalue weighted by molar-refractivity contribution is 7.90. The number of anilines is 1. The van der Waals surface area contributed by atoms with Crippen LogP contribution in [-0.4, -0.2) is 37.7 Å². The van der Waals surface area contributed by atoms with Crippen LogP contribution in [0.25, 0.3) is 0 Å². The molecule has 0 heterocycles. The molecule has 0 aliphatic rings. The molecule has 0 bridgehead atoms. The van der Waals surface area contributed by atoms with E-state index in [1.807, 2.05) is 0 Å². The van der Waals surface area contributed by atoms with Crippen LogP contribution in [0.2, 0.25) is 0 Å². The highest BCUT2D eigenvalue weighted by Crippen LogP contribution is 2.19. The summed E-state index contributed by atoms with van der Waals surface area (Å²) in [6.07, 6.45) is -0.890. The Kier molecular flexibility index (Phi) is 6.77. The van der Waals surface area contributed by atoms with Crippen molar-refractivity contribution in [1.29, 1.82) is 0 Å². The van der Waals surface area contributed by atoms with Gasteiger partial charge in [-0.1, -0.05) is 19.1 Å². The number of benzene rings is 1. The molecule has 0 aliphatic carbocycles. The molecule has 0 fully saturated rings. The molecule has 9 nitrogen and oxygen atoms in total. The molecule has 1 rings (SSSR count). The first-order chi connectivity index (χ1) is 11.4. The predicted molar refractivity (Wildman–Crippen MR) is 92.4 cm³/mol.